The highest BCUT2D eigenvalue weighted by molar-refractivity contribution is 8.26. The molecule has 1 N–H and O–H groups in total. The summed E-state index contributed by atoms with van der Waals surface area (Å²) in [5.41, 5.74) is 3.54. The van der Waals surface area contributed by atoms with Crippen molar-refractivity contribution >= 4 is 57.8 Å². The monoisotopic (exact) mass is 434 g/mol. The van der Waals surface area contributed by atoms with E-state index in [1.807, 2.05) is 0 Å². The van der Waals surface area contributed by atoms with E-state index in [0.717, 1.165) is 16.8 Å². The van der Waals surface area contributed by atoms with Gasteiger partial charge in [0.25, 0.3) is 11.8 Å². The molecule has 2 aromatic rings. The maximum absolute atomic E-state index is 12.7. The number of hydrazine groups is 1. The molecule has 0 unspecified atom stereocenters. The summed E-state index contributed by atoms with van der Waals surface area (Å²) < 4.78 is 10.9. The highest BCUT2D eigenvalue weighted by Gasteiger charge is 2.34. The number of nitrogens with one attached hydrogen (secondary N) is 1. The molecule has 0 aromatic heterocycles. The van der Waals surface area contributed by atoms with E-state index in [-0.39, 0.29) is 4.32 Å². The van der Waals surface area contributed by atoms with E-state index in [1.165, 1.54) is 14.2 Å². The molecule has 1 heterocycles. The number of hydrogen-bond donors (Lipinski definition) is 1. The zero-order valence-electron chi connectivity index (χ0n) is 14.9. The summed E-state index contributed by atoms with van der Waals surface area (Å²) in [6, 6.07) is 11.6. The fraction of sp³-hybridized carbons (Fsp3) is 0.105. The van der Waals surface area contributed by atoms with Crippen molar-refractivity contribution in [3.8, 4) is 11.5 Å². The van der Waals surface area contributed by atoms with Gasteiger partial charge in [0.1, 0.15) is 0 Å². The van der Waals surface area contributed by atoms with Gasteiger partial charge >= 0.3 is 0 Å². The van der Waals surface area contributed by atoms with E-state index in [2.05, 4.69) is 5.43 Å². The number of rotatable bonds is 5. The van der Waals surface area contributed by atoms with Gasteiger partial charge < -0.3 is 9.47 Å². The first-order chi connectivity index (χ1) is 13.4. The molecular weight excluding hydrogens is 420 g/mol. The Morgan fingerprint density at radius 2 is 1.89 bits per heavy atom. The zero-order valence-corrected chi connectivity index (χ0v) is 17.3. The van der Waals surface area contributed by atoms with Crippen LogP contribution in [-0.4, -0.2) is 35.4 Å². The van der Waals surface area contributed by atoms with Crippen LogP contribution >= 0.6 is 35.6 Å². The fourth-order valence-corrected chi connectivity index (χ4v) is 3.79. The number of thioether (sulfide) groups is 1. The van der Waals surface area contributed by atoms with E-state index in [4.69, 9.17) is 33.3 Å². The molecule has 2 aromatic carbocycles. The van der Waals surface area contributed by atoms with Crippen LogP contribution in [0.25, 0.3) is 6.08 Å². The summed E-state index contributed by atoms with van der Waals surface area (Å²) in [7, 11) is 3.06. The third-order valence-corrected chi connectivity index (χ3v) is 5.39. The minimum atomic E-state index is -0.465. The number of ether oxygens (including phenoxy) is 2. The van der Waals surface area contributed by atoms with Crippen molar-refractivity contribution in [3.05, 3.63) is 63.5 Å². The van der Waals surface area contributed by atoms with Crippen LogP contribution in [0, 0.1) is 0 Å². The van der Waals surface area contributed by atoms with Crippen molar-refractivity contribution in [1.29, 1.82) is 0 Å². The molecule has 1 aliphatic heterocycles. The van der Waals surface area contributed by atoms with Crippen molar-refractivity contribution < 1.29 is 19.1 Å². The van der Waals surface area contributed by atoms with Gasteiger partial charge in [0, 0.05) is 16.1 Å². The molecule has 0 atom stereocenters. The van der Waals surface area contributed by atoms with Crippen molar-refractivity contribution in [2.45, 2.75) is 0 Å². The fourth-order valence-electron chi connectivity index (χ4n) is 2.50. The van der Waals surface area contributed by atoms with E-state index in [9.17, 15) is 9.59 Å². The molecule has 3 rings (SSSR count). The van der Waals surface area contributed by atoms with E-state index in [1.54, 1.807) is 48.5 Å². The van der Waals surface area contributed by atoms with Crippen LogP contribution in [0.5, 0.6) is 11.5 Å². The molecule has 0 aliphatic carbocycles. The summed E-state index contributed by atoms with van der Waals surface area (Å²) in [6.45, 7) is 0. The molecule has 0 bridgehead atoms. The molecule has 28 heavy (non-hydrogen) atoms. The third kappa shape index (κ3) is 4.14. The van der Waals surface area contributed by atoms with E-state index in [0.29, 0.717) is 32.6 Å². The van der Waals surface area contributed by atoms with Gasteiger partial charge in [0.2, 0.25) is 0 Å². The molecule has 0 saturated carbocycles. The standard InChI is InChI=1S/C19H15ClN2O4S2/c1-25-14-5-3-4-12(16(14)26-2)10-15-18(24)22(19(27)28-15)21-17(23)11-6-8-13(20)9-7-11/h3-10H,1-2H3,(H,21,23)/b15-10-. The smallest absolute Gasteiger partial charge is 0.285 e. The normalized spacial score (nSPS) is 15.1. The molecule has 6 nitrogen and oxygen atoms in total. The molecule has 0 radical (unpaired) electrons. The number of nitrogens with zero attached hydrogens (tertiary/aromatic N) is 1. The van der Waals surface area contributed by atoms with Crippen LogP contribution in [0.15, 0.2) is 47.4 Å². The summed E-state index contributed by atoms with van der Waals surface area (Å²) in [6.07, 6.45) is 1.65. The highest BCUT2D eigenvalue weighted by Crippen LogP contribution is 2.36. The van der Waals surface area contributed by atoms with Crippen LogP contribution in [0.2, 0.25) is 5.02 Å². The summed E-state index contributed by atoms with van der Waals surface area (Å²) in [4.78, 5) is 25.5. The topological polar surface area (TPSA) is 67.9 Å². The average molecular weight is 435 g/mol. The van der Waals surface area contributed by atoms with Gasteiger partial charge in [-0.1, -0.05) is 35.5 Å². The van der Waals surface area contributed by atoms with Crippen LogP contribution in [0.3, 0.4) is 0 Å². The predicted octanol–water partition coefficient (Wildman–Crippen LogP) is 3.90. The summed E-state index contributed by atoms with van der Waals surface area (Å²) >= 11 is 12.2. The van der Waals surface area contributed by atoms with Gasteiger partial charge in [-0.25, -0.2) is 0 Å². The van der Waals surface area contributed by atoms with Crippen molar-refractivity contribution in [2.75, 3.05) is 14.2 Å². The zero-order chi connectivity index (χ0) is 20.3. The Kier molecular flexibility index (Phi) is 6.23. The maximum Gasteiger partial charge on any atom is 0.285 e. The Balaban J connectivity index is 1.83. The minimum absolute atomic E-state index is 0.223. The Labute approximate surface area is 176 Å². The molecule has 2 amide bonds. The molecule has 1 saturated heterocycles. The van der Waals surface area contributed by atoms with Crippen molar-refractivity contribution in [3.63, 3.8) is 0 Å². The number of para-hydroxylation sites is 1. The van der Waals surface area contributed by atoms with Crippen LogP contribution in [-0.2, 0) is 4.79 Å². The largest absolute Gasteiger partial charge is 0.493 e. The van der Waals surface area contributed by atoms with Crippen molar-refractivity contribution in [1.82, 2.24) is 10.4 Å². The predicted molar refractivity (Wildman–Crippen MR) is 113 cm³/mol. The lowest BCUT2D eigenvalue weighted by Gasteiger charge is -2.15. The minimum Gasteiger partial charge on any atom is -0.493 e. The number of carbonyl (C=O) groups is 2. The second-order valence-electron chi connectivity index (χ2n) is 5.55. The second-order valence-corrected chi connectivity index (χ2v) is 7.66. The third-order valence-electron chi connectivity index (χ3n) is 3.83. The number of amides is 2. The Bertz CT molecular complexity index is 976. The van der Waals surface area contributed by atoms with Gasteiger partial charge in [-0.15, -0.1) is 0 Å². The first-order valence-electron chi connectivity index (χ1n) is 8.00. The van der Waals surface area contributed by atoms with Gasteiger partial charge in [0.15, 0.2) is 15.8 Å². The molecule has 144 valence electrons. The lowest BCUT2D eigenvalue weighted by molar-refractivity contribution is -0.123. The first kappa shape index (κ1) is 20.2. The maximum atomic E-state index is 12.7. The van der Waals surface area contributed by atoms with Crippen LogP contribution in [0.4, 0.5) is 0 Å². The Hall–Kier alpha value is -2.55. The van der Waals surface area contributed by atoms with Gasteiger partial charge in [-0.05, 0) is 48.6 Å². The number of halogens is 1. The first-order valence-corrected chi connectivity index (χ1v) is 9.60. The van der Waals surface area contributed by atoms with Crippen molar-refractivity contribution in [2.24, 2.45) is 0 Å². The molecule has 1 fully saturated rings. The molecule has 0 spiro atoms. The quantitative estimate of drug-likeness (QED) is 0.568. The summed E-state index contributed by atoms with van der Waals surface area (Å²) in [5.74, 6) is 0.151. The molecule has 1 aliphatic rings. The lowest BCUT2D eigenvalue weighted by atomic mass is 10.1. The number of benzene rings is 2. The number of methoxy groups -OCH3 is 2. The SMILES string of the molecule is COc1cccc(/C=C2\SC(=S)N(NC(=O)c3ccc(Cl)cc3)C2=O)c1OC. The van der Waals surface area contributed by atoms with E-state index < -0.39 is 11.8 Å². The number of carbonyl (C=O) groups excluding carboxylic acids is 2. The Morgan fingerprint density at radius 3 is 2.54 bits per heavy atom. The molecule has 9 heteroatoms. The lowest BCUT2D eigenvalue weighted by Crippen LogP contribution is -2.44. The van der Waals surface area contributed by atoms with Crippen LogP contribution in [0.1, 0.15) is 15.9 Å². The number of hydrogen-bond acceptors (Lipinski definition) is 6. The van der Waals surface area contributed by atoms with E-state index >= 15 is 0 Å². The second kappa shape index (κ2) is 8.64. The molecular formula is C19H15ClN2O4S2. The van der Waals surface area contributed by atoms with Gasteiger partial charge in [-0.3, -0.25) is 15.0 Å². The average Bonchev–Trinajstić information content (AvgIpc) is 2.95. The van der Waals surface area contributed by atoms with Crippen LogP contribution < -0.4 is 14.9 Å². The van der Waals surface area contributed by atoms with Gasteiger partial charge in [0.05, 0.1) is 19.1 Å². The van der Waals surface area contributed by atoms with Gasteiger partial charge in [-0.2, -0.15) is 5.01 Å². The highest BCUT2D eigenvalue weighted by atomic mass is 35.5. The summed E-state index contributed by atoms with van der Waals surface area (Å²) in [5, 5.41) is 1.56. The number of thiocarbonyl (C=S) groups is 1. The Morgan fingerprint density at radius 1 is 1.18 bits per heavy atom.